The molecule has 0 aliphatic heterocycles. The predicted octanol–water partition coefficient (Wildman–Crippen LogP) is 4.81. The van der Waals surface area contributed by atoms with E-state index in [9.17, 15) is 9.59 Å². The maximum absolute atomic E-state index is 13.1. The third kappa shape index (κ3) is 2.78. The molecular formula is C22H16N2O2. The lowest BCUT2D eigenvalue weighted by molar-refractivity contribution is -0.105. The summed E-state index contributed by atoms with van der Waals surface area (Å²) in [4.78, 5) is 24.1. The summed E-state index contributed by atoms with van der Waals surface area (Å²) >= 11 is 0. The van der Waals surface area contributed by atoms with Gasteiger partial charge >= 0.3 is 0 Å². The van der Waals surface area contributed by atoms with Crippen LogP contribution in [0.5, 0.6) is 0 Å². The second-order valence-corrected chi connectivity index (χ2v) is 5.95. The Morgan fingerprint density at radius 2 is 1.35 bits per heavy atom. The van der Waals surface area contributed by atoms with Crippen LogP contribution < -0.4 is 10.6 Å². The van der Waals surface area contributed by atoms with E-state index in [4.69, 9.17) is 0 Å². The lowest BCUT2D eigenvalue weighted by Gasteiger charge is -2.14. The van der Waals surface area contributed by atoms with Gasteiger partial charge in [0.15, 0.2) is 0 Å². The van der Waals surface area contributed by atoms with Gasteiger partial charge in [0.2, 0.25) is 6.41 Å². The van der Waals surface area contributed by atoms with Gasteiger partial charge in [0.1, 0.15) is 0 Å². The van der Waals surface area contributed by atoms with Crippen molar-refractivity contribution >= 4 is 45.2 Å². The predicted molar refractivity (Wildman–Crippen MR) is 106 cm³/mol. The molecule has 126 valence electrons. The number of carbonyl (C=O) groups is 2. The number of amides is 2. The van der Waals surface area contributed by atoms with Gasteiger partial charge in [-0.05, 0) is 28.3 Å². The van der Waals surface area contributed by atoms with Crippen molar-refractivity contribution in [3.05, 3.63) is 84.4 Å². The quantitative estimate of drug-likeness (QED) is 0.524. The van der Waals surface area contributed by atoms with Gasteiger partial charge in [-0.3, -0.25) is 9.59 Å². The molecular weight excluding hydrogens is 324 g/mol. The molecule has 4 aromatic rings. The van der Waals surface area contributed by atoms with E-state index in [1.54, 1.807) is 6.07 Å². The van der Waals surface area contributed by atoms with E-state index in [0.717, 1.165) is 27.2 Å². The fraction of sp³-hybridized carbons (Fsp3) is 0. The van der Waals surface area contributed by atoms with Crippen LogP contribution in [0.2, 0.25) is 0 Å². The number of hydrogen-bond donors (Lipinski definition) is 2. The summed E-state index contributed by atoms with van der Waals surface area (Å²) in [5, 5.41) is 9.37. The lowest BCUT2D eigenvalue weighted by Crippen LogP contribution is -2.15. The normalized spacial score (nSPS) is 10.6. The maximum Gasteiger partial charge on any atom is 0.258 e. The summed E-state index contributed by atoms with van der Waals surface area (Å²) in [6, 6.07) is 24.9. The number of anilines is 2. The fourth-order valence-electron chi connectivity index (χ4n) is 3.22. The second kappa shape index (κ2) is 6.69. The number of fused-ring (bicyclic) bond motifs is 2. The first-order valence-corrected chi connectivity index (χ1v) is 8.29. The van der Waals surface area contributed by atoms with Crippen molar-refractivity contribution in [2.24, 2.45) is 0 Å². The molecule has 4 heteroatoms. The van der Waals surface area contributed by atoms with E-state index >= 15 is 0 Å². The summed E-state index contributed by atoms with van der Waals surface area (Å²) in [7, 11) is 0. The van der Waals surface area contributed by atoms with Crippen LogP contribution in [0.25, 0.3) is 21.5 Å². The molecule has 0 saturated heterocycles. The van der Waals surface area contributed by atoms with Gasteiger partial charge < -0.3 is 10.6 Å². The van der Waals surface area contributed by atoms with E-state index in [-0.39, 0.29) is 5.91 Å². The first-order valence-electron chi connectivity index (χ1n) is 8.29. The SMILES string of the molecule is O=CNc1ccc2ccccc2c1C(=O)Nc1cccc2ccccc12. The van der Waals surface area contributed by atoms with Gasteiger partial charge in [-0.25, -0.2) is 0 Å². The summed E-state index contributed by atoms with van der Waals surface area (Å²) < 4.78 is 0. The summed E-state index contributed by atoms with van der Waals surface area (Å²) in [6.07, 6.45) is 0.582. The van der Waals surface area contributed by atoms with E-state index in [2.05, 4.69) is 10.6 Å². The van der Waals surface area contributed by atoms with Gasteiger partial charge in [0.25, 0.3) is 5.91 Å². The smallest absolute Gasteiger partial charge is 0.258 e. The molecule has 0 aromatic heterocycles. The van der Waals surface area contributed by atoms with Crippen molar-refractivity contribution in [1.82, 2.24) is 0 Å². The topological polar surface area (TPSA) is 58.2 Å². The van der Waals surface area contributed by atoms with Crippen LogP contribution in [-0.2, 0) is 4.79 Å². The Labute approximate surface area is 150 Å². The van der Waals surface area contributed by atoms with Crippen LogP contribution in [0.3, 0.4) is 0 Å². The zero-order valence-electron chi connectivity index (χ0n) is 13.9. The third-order valence-corrected chi connectivity index (χ3v) is 4.41. The minimum Gasteiger partial charge on any atom is -0.328 e. The summed E-state index contributed by atoms with van der Waals surface area (Å²) in [5.41, 5.74) is 1.66. The van der Waals surface area contributed by atoms with Gasteiger partial charge in [0, 0.05) is 11.1 Å². The minimum atomic E-state index is -0.262. The highest BCUT2D eigenvalue weighted by atomic mass is 16.2. The molecule has 4 aromatic carbocycles. The zero-order chi connectivity index (χ0) is 17.9. The Morgan fingerprint density at radius 3 is 2.12 bits per heavy atom. The zero-order valence-corrected chi connectivity index (χ0v) is 13.9. The van der Waals surface area contributed by atoms with E-state index in [1.807, 2.05) is 72.8 Å². The molecule has 26 heavy (non-hydrogen) atoms. The Kier molecular flexibility index (Phi) is 4.07. The van der Waals surface area contributed by atoms with Crippen LogP contribution in [0.1, 0.15) is 10.4 Å². The fourth-order valence-corrected chi connectivity index (χ4v) is 3.22. The van der Waals surface area contributed by atoms with Crippen LogP contribution in [-0.4, -0.2) is 12.3 Å². The summed E-state index contributed by atoms with van der Waals surface area (Å²) in [5.74, 6) is -0.262. The Hall–Kier alpha value is -3.66. The van der Waals surface area contributed by atoms with Crippen LogP contribution >= 0.6 is 0 Å². The molecule has 2 N–H and O–H groups in total. The molecule has 4 nitrogen and oxygen atoms in total. The van der Waals surface area contributed by atoms with Gasteiger partial charge in [0.05, 0.1) is 11.3 Å². The van der Waals surface area contributed by atoms with Gasteiger partial charge in [-0.15, -0.1) is 0 Å². The highest BCUT2D eigenvalue weighted by Crippen LogP contribution is 2.29. The number of hydrogen-bond acceptors (Lipinski definition) is 2. The first-order chi connectivity index (χ1) is 12.8. The van der Waals surface area contributed by atoms with Gasteiger partial charge in [-0.2, -0.15) is 0 Å². The molecule has 2 amide bonds. The highest BCUT2D eigenvalue weighted by molar-refractivity contribution is 6.19. The number of nitrogens with one attached hydrogen (secondary N) is 2. The van der Waals surface area contributed by atoms with Crippen molar-refractivity contribution in [3.63, 3.8) is 0 Å². The molecule has 0 heterocycles. The Morgan fingerprint density at radius 1 is 0.692 bits per heavy atom. The molecule has 0 spiro atoms. The minimum absolute atomic E-state index is 0.262. The molecule has 0 saturated carbocycles. The molecule has 0 bridgehead atoms. The standard InChI is InChI=1S/C22H16N2O2/c25-14-23-20-13-12-16-7-2-4-10-18(16)21(20)22(26)24-19-11-5-8-15-6-1-3-9-17(15)19/h1-14H,(H,23,25)(H,24,26). The van der Waals surface area contributed by atoms with Crippen LogP contribution in [0.4, 0.5) is 11.4 Å². The van der Waals surface area contributed by atoms with E-state index in [0.29, 0.717) is 17.7 Å². The maximum atomic E-state index is 13.1. The monoisotopic (exact) mass is 340 g/mol. The molecule has 0 unspecified atom stereocenters. The first kappa shape index (κ1) is 15.8. The molecule has 0 atom stereocenters. The Balaban J connectivity index is 1.83. The second-order valence-electron chi connectivity index (χ2n) is 5.95. The molecule has 0 aliphatic rings. The van der Waals surface area contributed by atoms with Crippen molar-refractivity contribution in [2.75, 3.05) is 10.6 Å². The lowest BCUT2D eigenvalue weighted by atomic mass is 10.0. The van der Waals surface area contributed by atoms with Crippen LogP contribution in [0.15, 0.2) is 78.9 Å². The number of rotatable bonds is 4. The molecule has 0 radical (unpaired) electrons. The van der Waals surface area contributed by atoms with Crippen molar-refractivity contribution < 1.29 is 9.59 Å². The largest absolute Gasteiger partial charge is 0.328 e. The van der Waals surface area contributed by atoms with Crippen molar-refractivity contribution in [3.8, 4) is 0 Å². The average molecular weight is 340 g/mol. The number of benzene rings is 4. The van der Waals surface area contributed by atoms with E-state index in [1.165, 1.54) is 0 Å². The van der Waals surface area contributed by atoms with E-state index < -0.39 is 0 Å². The Bertz CT molecular complexity index is 1130. The third-order valence-electron chi connectivity index (χ3n) is 4.41. The van der Waals surface area contributed by atoms with Gasteiger partial charge in [-0.1, -0.05) is 66.7 Å². The summed E-state index contributed by atoms with van der Waals surface area (Å²) in [6.45, 7) is 0. The number of carbonyl (C=O) groups excluding carboxylic acids is 2. The molecule has 4 rings (SSSR count). The average Bonchev–Trinajstić information content (AvgIpc) is 2.68. The highest BCUT2D eigenvalue weighted by Gasteiger charge is 2.16. The molecule has 0 fully saturated rings. The van der Waals surface area contributed by atoms with Crippen molar-refractivity contribution in [1.29, 1.82) is 0 Å². The van der Waals surface area contributed by atoms with Crippen LogP contribution in [0, 0.1) is 0 Å². The molecule has 0 aliphatic carbocycles. The van der Waals surface area contributed by atoms with Crippen molar-refractivity contribution in [2.45, 2.75) is 0 Å².